The SMILES string of the molecule is Cc1nc(CN2CCN(C(=O)CCc3ccccc3)CC2)sc1C(=O)N(C)C. The highest BCUT2D eigenvalue weighted by molar-refractivity contribution is 7.13. The molecule has 1 saturated heterocycles. The molecular formula is C21H28N4O2S. The van der Waals surface area contributed by atoms with Gasteiger partial charge in [0.05, 0.1) is 12.2 Å². The molecule has 0 spiro atoms. The first-order chi connectivity index (χ1) is 13.4. The first-order valence-corrected chi connectivity index (χ1v) is 10.5. The van der Waals surface area contributed by atoms with Crippen molar-refractivity contribution in [3.8, 4) is 0 Å². The molecule has 2 aromatic rings. The fourth-order valence-electron chi connectivity index (χ4n) is 3.32. The summed E-state index contributed by atoms with van der Waals surface area (Å²) in [5, 5.41) is 0.964. The number of aromatic nitrogens is 1. The summed E-state index contributed by atoms with van der Waals surface area (Å²) in [4.78, 5) is 35.8. The van der Waals surface area contributed by atoms with Gasteiger partial charge in [0.1, 0.15) is 9.88 Å². The Bertz CT molecular complexity index is 811. The third-order valence-electron chi connectivity index (χ3n) is 5.00. The van der Waals surface area contributed by atoms with Crippen molar-refractivity contribution in [2.75, 3.05) is 40.3 Å². The first kappa shape index (κ1) is 20.5. The lowest BCUT2D eigenvalue weighted by atomic mass is 10.1. The zero-order valence-electron chi connectivity index (χ0n) is 16.9. The lowest BCUT2D eigenvalue weighted by molar-refractivity contribution is -0.133. The first-order valence-electron chi connectivity index (χ1n) is 9.66. The number of hydrogen-bond acceptors (Lipinski definition) is 5. The summed E-state index contributed by atoms with van der Waals surface area (Å²) in [6.45, 7) is 5.81. The highest BCUT2D eigenvalue weighted by atomic mass is 32.1. The van der Waals surface area contributed by atoms with E-state index in [9.17, 15) is 9.59 Å². The second-order valence-corrected chi connectivity index (χ2v) is 8.45. The van der Waals surface area contributed by atoms with Crippen molar-refractivity contribution in [3.63, 3.8) is 0 Å². The zero-order chi connectivity index (χ0) is 20.1. The van der Waals surface area contributed by atoms with Crippen LogP contribution in [-0.4, -0.2) is 71.8 Å². The minimum absolute atomic E-state index is 0.00934. The van der Waals surface area contributed by atoms with Crippen LogP contribution in [0.1, 0.15) is 32.4 Å². The molecule has 0 radical (unpaired) electrons. The molecule has 0 aliphatic carbocycles. The molecule has 1 fully saturated rings. The van der Waals surface area contributed by atoms with E-state index in [0.29, 0.717) is 6.42 Å². The molecule has 7 heteroatoms. The van der Waals surface area contributed by atoms with Gasteiger partial charge in [0.2, 0.25) is 5.91 Å². The Morgan fingerprint density at radius 1 is 1.11 bits per heavy atom. The van der Waals surface area contributed by atoms with E-state index < -0.39 is 0 Å². The molecule has 0 unspecified atom stereocenters. The highest BCUT2D eigenvalue weighted by Crippen LogP contribution is 2.21. The number of aryl methyl sites for hydroxylation is 2. The van der Waals surface area contributed by atoms with Gasteiger partial charge in [-0.1, -0.05) is 30.3 Å². The summed E-state index contributed by atoms with van der Waals surface area (Å²) in [6.07, 6.45) is 1.35. The Morgan fingerprint density at radius 3 is 2.43 bits per heavy atom. The molecule has 0 saturated carbocycles. The van der Waals surface area contributed by atoms with E-state index in [1.54, 1.807) is 19.0 Å². The molecule has 0 atom stereocenters. The molecule has 0 bridgehead atoms. The predicted molar refractivity (Wildman–Crippen MR) is 111 cm³/mol. The molecule has 1 aromatic heterocycles. The van der Waals surface area contributed by atoms with Crippen LogP contribution in [0.2, 0.25) is 0 Å². The van der Waals surface area contributed by atoms with Crippen molar-refractivity contribution < 1.29 is 9.59 Å². The summed E-state index contributed by atoms with van der Waals surface area (Å²) in [5.74, 6) is 0.238. The Labute approximate surface area is 170 Å². The van der Waals surface area contributed by atoms with Crippen molar-refractivity contribution in [3.05, 3.63) is 51.5 Å². The van der Waals surface area contributed by atoms with Gasteiger partial charge in [-0.05, 0) is 18.9 Å². The number of rotatable bonds is 6. The molecule has 6 nitrogen and oxygen atoms in total. The fraction of sp³-hybridized carbons (Fsp3) is 0.476. The average Bonchev–Trinajstić information content (AvgIpc) is 3.06. The zero-order valence-corrected chi connectivity index (χ0v) is 17.7. The number of piperazine rings is 1. The fourth-order valence-corrected chi connectivity index (χ4v) is 4.45. The number of amides is 2. The van der Waals surface area contributed by atoms with E-state index in [-0.39, 0.29) is 11.8 Å². The van der Waals surface area contributed by atoms with Crippen LogP contribution < -0.4 is 0 Å². The number of thiazole rings is 1. The number of nitrogens with zero attached hydrogens (tertiary/aromatic N) is 4. The summed E-state index contributed by atoms with van der Waals surface area (Å²) in [6, 6.07) is 10.1. The van der Waals surface area contributed by atoms with E-state index in [2.05, 4.69) is 22.0 Å². The van der Waals surface area contributed by atoms with Gasteiger partial charge in [0.15, 0.2) is 0 Å². The number of carbonyl (C=O) groups is 2. The molecule has 1 aromatic carbocycles. The van der Waals surface area contributed by atoms with Gasteiger partial charge in [-0.15, -0.1) is 11.3 Å². The largest absolute Gasteiger partial charge is 0.344 e. The standard InChI is InChI=1S/C21H28N4O2S/c1-16-20(21(27)23(2)3)28-18(22-16)15-24-11-13-25(14-12-24)19(26)10-9-17-7-5-4-6-8-17/h4-8H,9-15H2,1-3H3. The second kappa shape index (κ2) is 9.30. The third kappa shape index (κ3) is 5.17. The second-order valence-electron chi connectivity index (χ2n) is 7.36. The van der Waals surface area contributed by atoms with Gasteiger partial charge < -0.3 is 9.80 Å². The number of carbonyl (C=O) groups excluding carboxylic acids is 2. The van der Waals surface area contributed by atoms with Crippen LogP contribution in [0.5, 0.6) is 0 Å². The molecule has 28 heavy (non-hydrogen) atoms. The minimum atomic E-state index is 0.00934. The predicted octanol–water partition coefficient (Wildman–Crippen LogP) is 2.43. The van der Waals surface area contributed by atoms with Crippen LogP contribution in [0.3, 0.4) is 0 Å². The van der Waals surface area contributed by atoms with Gasteiger partial charge in [0.25, 0.3) is 5.91 Å². The maximum absolute atomic E-state index is 12.5. The highest BCUT2D eigenvalue weighted by Gasteiger charge is 2.23. The van der Waals surface area contributed by atoms with Crippen molar-refractivity contribution in [1.82, 2.24) is 19.7 Å². The van der Waals surface area contributed by atoms with Crippen molar-refractivity contribution in [1.29, 1.82) is 0 Å². The van der Waals surface area contributed by atoms with Gasteiger partial charge in [-0.25, -0.2) is 4.98 Å². The van der Waals surface area contributed by atoms with E-state index in [1.807, 2.05) is 30.0 Å². The van der Waals surface area contributed by atoms with E-state index in [1.165, 1.54) is 16.9 Å². The molecule has 1 aliphatic heterocycles. The molecule has 0 N–H and O–H groups in total. The Kier molecular flexibility index (Phi) is 6.80. The van der Waals surface area contributed by atoms with Gasteiger partial charge in [0, 0.05) is 46.7 Å². The molecule has 1 aliphatic rings. The Balaban J connectivity index is 1.47. The summed E-state index contributed by atoms with van der Waals surface area (Å²) in [5.41, 5.74) is 2.00. The van der Waals surface area contributed by atoms with Crippen molar-refractivity contribution >= 4 is 23.2 Å². The normalized spacial score (nSPS) is 14.9. The monoisotopic (exact) mass is 400 g/mol. The maximum atomic E-state index is 12.5. The average molecular weight is 401 g/mol. The van der Waals surface area contributed by atoms with Crippen LogP contribution in [0, 0.1) is 6.92 Å². The summed E-state index contributed by atoms with van der Waals surface area (Å²) < 4.78 is 0. The van der Waals surface area contributed by atoms with Crippen LogP contribution in [0.15, 0.2) is 30.3 Å². The van der Waals surface area contributed by atoms with Crippen molar-refractivity contribution in [2.45, 2.75) is 26.3 Å². The van der Waals surface area contributed by atoms with Gasteiger partial charge in [-0.2, -0.15) is 0 Å². The molecule has 2 amide bonds. The van der Waals surface area contributed by atoms with Crippen molar-refractivity contribution in [2.24, 2.45) is 0 Å². The van der Waals surface area contributed by atoms with Crippen LogP contribution in [-0.2, 0) is 17.8 Å². The quantitative estimate of drug-likeness (QED) is 0.747. The Morgan fingerprint density at radius 2 is 1.79 bits per heavy atom. The van der Waals surface area contributed by atoms with Gasteiger partial charge >= 0.3 is 0 Å². The smallest absolute Gasteiger partial charge is 0.265 e. The summed E-state index contributed by atoms with van der Waals surface area (Å²) >= 11 is 1.48. The lowest BCUT2D eigenvalue weighted by Crippen LogP contribution is -2.48. The topological polar surface area (TPSA) is 56.8 Å². The van der Waals surface area contributed by atoms with Crippen LogP contribution in [0.25, 0.3) is 0 Å². The van der Waals surface area contributed by atoms with E-state index in [0.717, 1.165) is 54.7 Å². The van der Waals surface area contributed by atoms with Crippen LogP contribution in [0.4, 0.5) is 0 Å². The number of benzene rings is 1. The third-order valence-corrected chi connectivity index (χ3v) is 6.13. The molecular weight excluding hydrogens is 372 g/mol. The van der Waals surface area contributed by atoms with E-state index in [4.69, 9.17) is 0 Å². The van der Waals surface area contributed by atoms with Gasteiger partial charge in [-0.3, -0.25) is 14.5 Å². The molecule has 150 valence electrons. The minimum Gasteiger partial charge on any atom is -0.344 e. The maximum Gasteiger partial charge on any atom is 0.265 e. The van der Waals surface area contributed by atoms with E-state index >= 15 is 0 Å². The summed E-state index contributed by atoms with van der Waals surface area (Å²) in [7, 11) is 3.52. The molecule has 3 rings (SSSR count). The molecule has 2 heterocycles. The van der Waals surface area contributed by atoms with Crippen LogP contribution >= 0.6 is 11.3 Å². The lowest BCUT2D eigenvalue weighted by Gasteiger charge is -2.34. The number of hydrogen-bond donors (Lipinski definition) is 0. The Hall–Kier alpha value is -2.25.